The number of hydrogen-bond acceptors (Lipinski definition) is 2. The largest absolute Gasteiger partial charge is 0.356 e. The molecule has 0 fully saturated rings. The van der Waals surface area contributed by atoms with E-state index in [1.54, 1.807) is 0 Å². The Bertz CT molecular complexity index is 662. The molecule has 0 bridgehead atoms. The monoisotopic (exact) mass is 469 g/mol. The summed E-state index contributed by atoms with van der Waals surface area (Å²) in [7, 11) is 3.76. The zero-order valence-corrected chi connectivity index (χ0v) is 18.7. The summed E-state index contributed by atoms with van der Waals surface area (Å²) in [6.45, 7) is 6.23. The Hall–Kier alpha value is -1.57. The molecule has 1 heterocycles. The Labute approximate surface area is 174 Å². The molecule has 6 heteroatoms. The maximum absolute atomic E-state index is 4.36. The number of aromatic nitrogens is 2. The summed E-state index contributed by atoms with van der Waals surface area (Å²) in [5.74, 6) is 0.853. The fourth-order valence-electron chi connectivity index (χ4n) is 3.20. The highest BCUT2D eigenvalue weighted by Gasteiger charge is 2.28. The van der Waals surface area contributed by atoms with Gasteiger partial charge in [0.25, 0.3) is 0 Å². The fraction of sp³-hybridized carbons (Fsp3) is 0.500. The molecule has 144 valence electrons. The molecule has 0 unspecified atom stereocenters. The van der Waals surface area contributed by atoms with Gasteiger partial charge in [0.1, 0.15) is 0 Å². The van der Waals surface area contributed by atoms with Crippen molar-refractivity contribution in [1.82, 2.24) is 20.4 Å². The summed E-state index contributed by atoms with van der Waals surface area (Å²) in [6, 6.07) is 10.8. The number of guanidine groups is 1. The van der Waals surface area contributed by atoms with Crippen LogP contribution < -0.4 is 10.6 Å². The fourth-order valence-corrected chi connectivity index (χ4v) is 3.20. The maximum Gasteiger partial charge on any atom is 0.191 e. The van der Waals surface area contributed by atoms with Gasteiger partial charge in [-0.3, -0.25) is 9.67 Å². The van der Waals surface area contributed by atoms with Crippen LogP contribution in [0.5, 0.6) is 0 Å². The summed E-state index contributed by atoms with van der Waals surface area (Å²) < 4.78 is 1.83. The average Bonchev–Trinajstić information content (AvgIpc) is 3.07. The minimum atomic E-state index is 0. The summed E-state index contributed by atoms with van der Waals surface area (Å²) in [4.78, 5) is 4.36. The molecule has 1 aromatic heterocycles. The molecule has 0 radical (unpaired) electrons. The van der Waals surface area contributed by atoms with Crippen LogP contribution in [0.25, 0.3) is 0 Å². The smallest absolute Gasteiger partial charge is 0.191 e. The van der Waals surface area contributed by atoms with E-state index in [2.05, 4.69) is 64.9 Å². The van der Waals surface area contributed by atoms with Crippen LogP contribution in [0.4, 0.5) is 0 Å². The Morgan fingerprint density at radius 3 is 2.38 bits per heavy atom. The molecule has 0 aliphatic heterocycles. The number of hydrogen-bond donors (Lipinski definition) is 2. The first-order valence-corrected chi connectivity index (χ1v) is 9.11. The van der Waals surface area contributed by atoms with E-state index in [0.29, 0.717) is 0 Å². The van der Waals surface area contributed by atoms with Crippen LogP contribution in [0.15, 0.2) is 47.7 Å². The van der Waals surface area contributed by atoms with Crippen molar-refractivity contribution in [3.63, 3.8) is 0 Å². The van der Waals surface area contributed by atoms with Crippen molar-refractivity contribution in [1.29, 1.82) is 0 Å². The van der Waals surface area contributed by atoms with E-state index in [1.807, 2.05) is 31.2 Å². The molecule has 0 saturated carbocycles. The molecular formula is C20H32IN5. The SMILES string of the molecule is CCC(CC)(CNC(=NC)NCCc1cnn(C)c1)c1ccccc1.I. The highest BCUT2D eigenvalue weighted by Crippen LogP contribution is 2.30. The van der Waals surface area contributed by atoms with Crippen molar-refractivity contribution in [2.45, 2.75) is 38.5 Å². The molecule has 2 rings (SSSR count). The van der Waals surface area contributed by atoms with Crippen LogP contribution in [-0.2, 0) is 18.9 Å². The van der Waals surface area contributed by atoms with Gasteiger partial charge < -0.3 is 10.6 Å². The van der Waals surface area contributed by atoms with E-state index < -0.39 is 0 Å². The van der Waals surface area contributed by atoms with Crippen molar-refractivity contribution in [3.8, 4) is 0 Å². The number of rotatable bonds is 8. The molecule has 0 aliphatic carbocycles. The van der Waals surface area contributed by atoms with Crippen molar-refractivity contribution in [3.05, 3.63) is 53.9 Å². The van der Waals surface area contributed by atoms with E-state index in [9.17, 15) is 0 Å². The number of benzene rings is 1. The molecule has 5 nitrogen and oxygen atoms in total. The second kappa shape index (κ2) is 11.2. The minimum absolute atomic E-state index is 0. The summed E-state index contributed by atoms with van der Waals surface area (Å²) in [6.07, 6.45) is 7.07. The van der Waals surface area contributed by atoms with E-state index in [-0.39, 0.29) is 29.4 Å². The van der Waals surface area contributed by atoms with Gasteiger partial charge in [-0.15, -0.1) is 24.0 Å². The van der Waals surface area contributed by atoms with Crippen LogP contribution in [0.2, 0.25) is 0 Å². The third-order valence-electron chi connectivity index (χ3n) is 5.02. The Morgan fingerprint density at radius 1 is 1.15 bits per heavy atom. The van der Waals surface area contributed by atoms with Gasteiger partial charge in [-0.25, -0.2) is 0 Å². The molecule has 0 spiro atoms. The molecule has 0 aliphatic rings. The zero-order valence-electron chi connectivity index (χ0n) is 16.3. The van der Waals surface area contributed by atoms with E-state index in [1.165, 1.54) is 11.1 Å². The molecular weight excluding hydrogens is 437 g/mol. The average molecular weight is 469 g/mol. The Kier molecular flexibility index (Phi) is 9.69. The van der Waals surface area contributed by atoms with E-state index in [0.717, 1.165) is 38.3 Å². The van der Waals surface area contributed by atoms with Crippen molar-refractivity contribution < 1.29 is 0 Å². The van der Waals surface area contributed by atoms with Gasteiger partial charge in [0.05, 0.1) is 6.20 Å². The lowest BCUT2D eigenvalue weighted by Crippen LogP contribution is -2.45. The molecule has 2 aromatic rings. The van der Waals surface area contributed by atoms with Gasteiger partial charge in [0.2, 0.25) is 0 Å². The lowest BCUT2D eigenvalue weighted by atomic mass is 9.76. The van der Waals surface area contributed by atoms with Crippen molar-refractivity contribution in [2.75, 3.05) is 20.1 Å². The minimum Gasteiger partial charge on any atom is -0.356 e. The number of aryl methyl sites for hydroxylation is 1. The number of nitrogens with one attached hydrogen (secondary N) is 2. The first-order chi connectivity index (χ1) is 12.1. The van der Waals surface area contributed by atoms with Gasteiger partial charge in [0.15, 0.2) is 5.96 Å². The molecule has 0 amide bonds. The van der Waals surface area contributed by atoms with Gasteiger partial charge in [-0.05, 0) is 30.4 Å². The second-order valence-electron chi connectivity index (χ2n) is 6.48. The van der Waals surface area contributed by atoms with E-state index >= 15 is 0 Å². The summed E-state index contributed by atoms with van der Waals surface area (Å²) in [5.41, 5.74) is 2.74. The summed E-state index contributed by atoms with van der Waals surface area (Å²) >= 11 is 0. The van der Waals surface area contributed by atoms with Gasteiger partial charge in [-0.2, -0.15) is 5.10 Å². The van der Waals surface area contributed by atoms with Gasteiger partial charge >= 0.3 is 0 Å². The van der Waals surface area contributed by atoms with Crippen molar-refractivity contribution in [2.24, 2.45) is 12.0 Å². The predicted octanol–water partition coefficient (Wildman–Crippen LogP) is 3.50. The third-order valence-corrected chi connectivity index (χ3v) is 5.02. The Balaban J connectivity index is 0.00000338. The zero-order chi connectivity index (χ0) is 18.1. The molecule has 0 saturated heterocycles. The van der Waals surface area contributed by atoms with Crippen LogP contribution >= 0.6 is 24.0 Å². The molecule has 1 aromatic carbocycles. The lowest BCUT2D eigenvalue weighted by molar-refractivity contribution is 0.389. The first-order valence-electron chi connectivity index (χ1n) is 9.11. The van der Waals surface area contributed by atoms with E-state index in [4.69, 9.17) is 0 Å². The molecule has 26 heavy (non-hydrogen) atoms. The third kappa shape index (κ3) is 6.00. The second-order valence-corrected chi connectivity index (χ2v) is 6.48. The van der Waals surface area contributed by atoms with Crippen LogP contribution in [0.3, 0.4) is 0 Å². The highest BCUT2D eigenvalue weighted by molar-refractivity contribution is 14.0. The quantitative estimate of drug-likeness (QED) is 0.354. The van der Waals surface area contributed by atoms with Crippen LogP contribution in [0, 0.1) is 0 Å². The predicted molar refractivity (Wildman–Crippen MR) is 120 cm³/mol. The van der Waals surface area contributed by atoms with Gasteiger partial charge in [-0.1, -0.05) is 44.2 Å². The Morgan fingerprint density at radius 2 is 1.85 bits per heavy atom. The standard InChI is InChI=1S/C20H31N5.HI/c1-5-20(6-2,18-10-8-7-9-11-18)16-23-19(21-3)22-13-12-17-14-24-25(4)15-17;/h7-11,14-15H,5-6,12-13,16H2,1-4H3,(H2,21,22,23);1H. The molecule has 2 N–H and O–H groups in total. The number of aliphatic imine (C=N–C) groups is 1. The lowest BCUT2D eigenvalue weighted by Gasteiger charge is -2.33. The normalized spacial score (nSPS) is 11.8. The summed E-state index contributed by atoms with van der Waals surface area (Å²) in [5, 5.41) is 11.1. The topological polar surface area (TPSA) is 54.2 Å². The van der Waals surface area contributed by atoms with Crippen LogP contribution in [-0.4, -0.2) is 35.9 Å². The van der Waals surface area contributed by atoms with Crippen molar-refractivity contribution >= 4 is 29.9 Å². The maximum atomic E-state index is 4.36. The highest BCUT2D eigenvalue weighted by atomic mass is 127. The number of nitrogens with zero attached hydrogens (tertiary/aromatic N) is 3. The first kappa shape index (κ1) is 22.5. The molecule has 0 atom stereocenters. The number of halogens is 1. The van der Waals surface area contributed by atoms with Gasteiger partial charge in [0, 0.05) is 38.8 Å². The van der Waals surface area contributed by atoms with Crippen LogP contribution in [0.1, 0.15) is 37.8 Å².